The third-order valence-corrected chi connectivity index (χ3v) is 3.55. The van der Waals surface area contributed by atoms with Gasteiger partial charge in [-0.15, -0.1) is 0 Å². The number of carbonyl (C=O) groups is 2. The predicted octanol–water partition coefficient (Wildman–Crippen LogP) is 3.16. The maximum atomic E-state index is 12.8. The van der Waals surface area contributed by atoms with E-state index in [0.717, 1.165) is 5.69 Å². The number of ketones is 2. The first-order chi connectivity index (χ1) is 10.7. The molecule has 0 saturated carbocycles. The van der Waals surface area contributed by atoms with Crippen molar-refractivity contribution in [3.05, 3.63) is 78.1 Å². The van der Waals surface area contributed by atoms with Gasteiger partial charge in [0.25, 0.3) is 0 Å². The molecule has 1 aliphatic heterocycles. The highest BCUT2D eigenvalue weighted by Crippen LogP contribution is 2.29. The van der Waals surface area contributed by atoms with Crippen molar-refractivity contribution < 1.29 is 14.4 Å². The molecule has 0 saturated heterocycles. The van der Waals surface area contributed by atoms with Crippen LogP contribution in [-0.2, 0) is 9.63 Å². The zero-order valence-corrected chi connectivity index (χ0v) is 12.1. The molecule has 1 unspecified atom stereocenters. The second-order valence-electron chi connectivity index (χ2n) is 5.03. The lowest BCUT2D eigenvalue weighted by atomic mass is 9.96. The Hall–Kier alpha value is -2.88. The fourth-order valence-electron chi connectivity index (χ4n) is 2.43. The molecule has 22 heavy (non-hydrogen) atoms. The zero-order valence-electron chi connectivity index (χ0n) is 12.1. The van der Waals surface area contributed by atoms with E-state index in [-0.39, 0.29) is 11.6 Å². The lowest BCUT2D eigenvalue weighted by molar-refractivity contribution is -0.113. The number of hydroxylamine groups is 1. The van der Waals surface area contributed by atoms with Crippen LogP contribution in [0.1, 0.15) is 17.3 Å². The van der Waals surface area contributed by atoms with E-state index in [0.29, 0.717) is 11.1 Å². The summed E-state index contributed by atoms with van der Waals surface area (Å²) in [5.74, 6) is -0.337. The Bertz CT molecular complexity index is 723. The summed E-state index contributed by atoms with van der Waals surface area (Å²) >= 11 is 0. The summed E-state index contributed by atoms with van der Waals surface area (Å²) in [6.07, 6.45) is 1.36. The number of Topliss-reactive ketones (excluding diaryl/α,β-unsaturated/α-hetero) is 2. The molecule has 0 amide bonds. The van der Waals surface area contributed by atoms with Gasteiger partial charge in [0.15, 0.2) is 17.6 Å². The van der Waals surface area contributed by atoms with Crippen molar-refractivity contribution in [2.24, 2.45) is 0 Å². The van der Waals surface area contributed by atoms with Gasteiger partial charge >= 0.3 is 0 Å². The van der Waals surface area contributed by atoms with Crippen molar-refractivity contribution in [3.63, 3.8) is 0 Å². The summed E-state index contributed by atoms with van der Waals surface area (Å²) in [5, 5.41) is 1.48. The SMILES string of the molecule is CC(=O)C1=CON(c2ccccc2)C1C(=O)c1ccccc1. The van der Waals surface area contributed by atoms with Crippen molar-refractivity contribution in [1.29, 1.82) is 0 Å². The van der Waals surface area contributed by atoms with E-state index in [1.165, 1.54) is 18.2 Å². The quantitative estimate of drug-likeness (QED) is 0.812. The molecule has 1 heterocycles. The van der Waals surface area contributed by atoms with Gasteiger partial charge in [-0.2, -0.15) is 5.06 Å². The first-order valence-electron chi connectivity index (χ1n) is 7.00. The van der Waals surface area contributed by atoms with Crippen LogP contribution in [0.25, 0.3) is 0 Å². The Morgan fingerprint density at radius 1 is 0.955 bits per heavy atom. The molecule has 0 N–H and O–H groups in total. The summed E-state index contributed by atoms with van der Waals surface area (Å²) in [5.41, 5.74) is 1.63. The third-order valence-electron chi connectivity index (χ3n) is 3.55. The first-order valence-corrected chi connectivity index (χ1v) is 7.00. The Kier molecular flexibility index (Phi) is 3.74. The number of hydrogen-bond donors (Lipinski definition) is 0. The summed E-state index contributed by atoms with van der Waals surface area (Å²) in [4.78, 5) is 30.2. The molecule has 1 aliphatic rings. The highest BCUT2D eigenvalue weighted by atomic mass is 16.7. The van der Waals surface area contributed by atoms with Crippen LogP contribution in [0.5, 0.6) is 0 Å². The molecule has 1 atom stereocenters. The van der Waals surface area contributed by atoms with Gasteiger partial charge in [0.2, 0.25) is 0 Å². The lowest BCUT2D eigenvalue weighted by Gasteiger charge is -2.24. The van der Waals surface area contributed by atoms with Crippen LogP contribution in [0.3, 0.4) is 0 Å². The minimum absolute atomic E-state index is 0.164. The molecule has 0 aromatic heterocycles. The van der Waals surface area contributed by atoms with Crippen LogP contribution in [0.2, 0.25) is 0 Å². The van der Waals surface area contributed by atoms with Crippen LogP contribution < -0.4 is 5.06 Å². The molecule has 3 rings (SSSR count). The van der Waals surface area contributed by atoms with Gasteiger partial charge < -0.3 is 4.84 Å². The van der Waals surface area contributed by atoms with Crippen molar-refractivity contribution in [1.82, 2.24) is 0 Å². The lowest BCUT2D eigenvalue weighted by Crippen LogP contribution is -2.39. The molecule has 2 aromatic rings. The van der Waals surface area contributed by atoms with Crippen LogP contribution >= 0.6 is 0 Å². The molecule has 0 spiro atoms. The van der Waals surface area contributed by atoms with E-state index in [9.17, 15) is 9.59 Å². The van der Waals surface area contributed by atoms with E-state index in [1.807, 2.05) is 36.4 Å². The van der Waals surface area contributed by atoms with Crippen LogP contribution in [0, 0.1) is 0 Å². The number of hydrogen-bond acceptors (Lipinski definition) is 4. The number of para-hydroxylation sites is 1. The maximum absolute atomic E-state index is 12.8. The monoisotopic (exact) mass is 293 g/mol. The van der Waals surface area contributed by atoms with Gasteiger partial charge in [0, 0.05) is 5.56 Å². The van der Waals surface area contributed by atoms with Gasteiger partial charge in [-0.1, -0.05) is 48.5 Å². The number of carbonyl (C=O) groups excluding carboxylic acids is 2. The topological polar surface area (TPSA) is 46.6 Å². The molecule has 2 aromatic carbocycles. The summed E-state index contributed by atoms with van der Waals surface area (Å²) in [6, 6.07) is 17.4. The Morgan fingerprint density at radius 3 is 2.14 bits per heavy atom. The molecular weight excluding hydrogens is 278 g/mol. The highest BCUT2D eigenvalue weighted by molar-refractivity contribution is 6.11. The standard InChI is InChI=1S/C18H15NO3/c1-13(20)16-12-22-19(15-10-6-3-7-11-15)17(16)18(21)14-8-4-2-5-9-14/h2-12,17H,1H3. The molecule has 4 heteroatoms. The predicted molar refractivity (Wildman–Crippen MR) is 83.3 cm³/mol. The fourth-order valence-corrected chi connectivity index (χ4v) is 2.43. The van der Waals surface area contributed by atoms with Gasteiger partial charge in [0.1, 0.15) is 6.26 Å². The van der Waals surface area contributed by atoms with Gasteiger partial charge in [-0.05, 0) is 19.1 Å². The second kappa shape index (κ2) is 5.85. The summed E-state index contributed by atoms with van der Waals surface area (Å²) in [6.45, 7) is 1.44. The van der Waals surface area contributed by atoms with E-state index in [2.05, 4.69) is 0 Å². The minimum Gasteiger partial charge on any atom is -0.386 e. The first kappa shape index (κ1) is 14.1. The maximum Gasteiger partial charge on any atom is 0.193 e. The highest BCUT2D eigenvalue weighted by Gasteiger charge is 2.38. The van der Waals surface area contributed by atoms with Crippen molar-refractivity contribution in [2.75, 3.05) is 5.06 Å². The Morgan fingerprint density at radius 2 is 1.55 bits per heavy atom. The Balaban J connectivity index is 2.00. The average Bonchev–Trinajstić information content (AvgIpc) is 3.01. The second-order valence-corrected chi connectivity index (χ2v) is 5.03. The van der Waals surface area contributed by atoms with Crippen molar-refractivity contribution in [2.45, 2.75) is 13.0 Å². The van der Waals surface area contributed by atoms with E-state index in [4.69, 9.17) is 4.84 Å². The summed E-state index contributed by atoms with van der Waals surface area (Å²) in [7, 11) is 0. The molecule has 4 nitrogen and oxygen atoms in total. The smallest absolute Gasteiger partial charge is 0.193 e. The van der Waals surface area contributed by atoms with E-state index in [1.54, 1.807) is 24.3 Å². The number of rotatable bonds is 4. The minimum atomic E-state index is -0.762. The molecule has 0 aliphatic carbocycles. The van der Waals surface area contributed by atoms with Gasteiger partial charge in [-0.3, -0.25) is 9.59 Å². The van der Waals surface area contributed by atoms with Crippen molar-refractivity contribution >= 4 is 17.3 Å². The normalized spacial score (nSPS) is 16.9. The van der Waals surface area contributed by atoms with Crippen LogP contribution in [0.15, 0.2) is 72.5 Å². The number of anilines is 1. The summed E-state index contributed by atoms with van der Waals surface area (Å²) < 4.78 is 0. The zero-order chi connectivity index (χ0) is 15.5. The van der Waals surface area contributed by atoms with Gasteiger partial charge in [-0.25, -0.2) is 0 Å². The molecular formula is C18H15NO3. The molecule has 0 fully saturated rings. The fraction of sp³-hybridized carbons (Fsp3) is 0.111. The largest absolute Gasteiger partial charge is 0.386 e. The Labute approximate surface area is 128 Å². The number of benzene rings is 2. The number of nitrogens with zero attached hydrogens (tertiary/aromatic N) is 1. The van der Waals surface area contributed by atoms with Crippen molar-refractivity contribution in [3.8, 4) is 0 Å². The van der Waals surface area contributed by atoms with E-state index < -0.39 is 6.04 Å². The third kappa shape index (κ3) is 2.51. The average molecular weight is 293 g/mol. The molecule has 0 bridgehead atoms. The molecule has 110 valence electrons. The van der Waals surface area contributed by atoms with Crippen LogP contribution in [-0.4, -0.2) is 17.6 Å². The van der Waals surface area contributed by atoms with E-state index >= 15 is 0 Å². The van der Waals surface area contributed by atoms with Crippen LogP contribution in [0.4, 0.5) is 5.69 Å². The molecule has 0 radical (unpaired) electrons. The van der Waals surface area contributed by atoms with Gasteiger partial charge in [0.05, 0.1) is 11.3 Å².